The molecule has 0 bridgehead atoms. The lowest BCUT2D eigenvalue weighted by Gasteiger charge is -2.60. The third-order valence-corrected chi connectivity index (χ3v) is 9.86. The van der Waals surface area contributed by atoms with Gasteiger partial charge in [0, 0.05) is 18.8 Å². The Morgan fingerprint density at radius 2 is 1.96 bits per heavy atom. The van der Waals surface area contributed by atoms with Gasteiger partial charge in [-0.25, -0.2) is 0 Å². The highest BCUT2D eigenvalue weighted by molar-refractivity contribution is 5.91. The molecule has 7 atom stereocenters. The summed E-state index contributed by atoms with van der Waals surface area (Å²) < 4.78 is 5.93. The highest BCUT2D eigenvalue weighted by Gasteiger charge is 2.63. The molecule has 1 N–H and O–H groups in total. The lowest BCUT2D eigenvalue weighted by atomic mass is 9.44. The van der Waals surface area contributed by atoms with Crippen molar-refractivity contribution in [2.24, 2.45) is 34.5 Å². The number of furan rings is 1. The van der Waals surface area contributed by atoms with Crippen LogP contribution in [0, 0.1) is 34.5 Å². The molecule has 4 aliphatic carbocycles. The van der Waals surface area contributed by atoms with Gasteiger partial charge in [0.15, 0.2) is 11.5 Å². The van der Waals surface area contributed by atoms with Crippen LogP contribution in [0.5, 0.6) is 0 Å². The Morgan fingerprint density at radius 3 is 2.68 bits per heavy atom. The third-order valence-electron chi connectivity index (χ3n) is 9.86. The Balaban J connectivity index is 1.48. The van der Waals surface area contributed by atoms with Gasteiger partial charge in [-0.05, 0) is 85.7 Å². The summed E-state index contributed by atoms with van der Waals surface area (Å²) in [6, 6.07) is 2.02. The molecule has 0 saturated heterocycles. The van der Waals surface area contributed by atoms with Crippen molar-refractivity contribution in [2.75, 3.05) is 0 Å². The molecule has 152 valence electrons. The normalized spacial score (nSPS) is 46.9. The van der Waals surface area contributed by atoms with Gasteiger partial charge < -0.3 is 9.52 Å². The average molecular weight is 383 g/mol. The SMILES string of the molecule is C=C[C@]1(O)CCC2C3CC[C@H]4Cc5oc(C(C)=O)cc5C[C@]4(C)C3CC[C@@]21C. The molecule has 3 saturated carbocycles. The van der Waals surface area contributed by atoms with Gasteiger partial charge >= 0.3 is 0 Å². The number of carbonyl (C=O) groups is 1. The fraction of sp³-hybridized carbons (Fsp3) is 0.720. The second kappa shape index (κ2) is 5.84. The van der Waals surface area contributed by atoms with Crippen molar-refractivity contribution in [1.29, 1.82) is 0 Å². The molecule has 3 unspecified atom stereocenters. The molecule has 0 amide bonds. The van der Waals surface area contributed by atoms with Gasteiger partial charge in [-0.15, -0.1) is 6.58 Å². The van der Waals surface area contributed by atoms with Crippen molar-refractivity contribution in [3.05, 3.63) is 35.8 Å². The zero-order valence-electron chi connectivity index (χ0n) is 17.6. The van der Waals surface area contributed by atoms with E-state index in [0.717, 1.165) is 37.9 Å². The Kier molecular flexibility index (Phi) is 3.89. The first-order valence-corrected chi connectivity index (χ1v) is 11.2. The summed E-state index contributed by atoms with van der Waals surface area (Å²) in [5.74, 6) is 4.29. The highest BCUT2D eigenvalue weighted by atomic mass is 16.3. The number of carbonyl (C=O) groups excluding carboxylic acids is 1. The summed E-state index contributed by atoms with van der Waals surface area (Å²) in [6.07, 6.45) is 10.7. The van der Waals surface area contributed by atoms with Crippen LogP contribution in [0.25, 0.3) is 0 Å². The van der Waals surface area contributed by atoms with E-state index >= 15 is 0 Å². The Hall–Kier alpha value is -1.35. The van der Waals surface area contributed by atoms with Gasteiger partial charge in [0.1, 0.15) is 5.76 Å². The summed E-state index contributed by atoms with van der Waals surface area (Å²) in [5, 5.41) is 11.3. The van der Waals surface area contributed by atoms with Gasteiger partial charge in [-0.1, -0.05) is 19.9 Å². The Labute approximate surface area is 168 Å². The van der Waals surface area contributed by atoms with E-state index in [0.29, 0.717) is 29.4 Å². The predicted molar refractivity (Wildman–Crippen MR) is 109 cm³/mol. The minimum Gasteiger partial charge on any atom is -0.458 e. The molecule has 3 heteroatoms. The smallest absolute Gasteiger partial charge is 0.194 e. The van der Waals surface area contributed by atoms with E-state index in [2.05, 4.69) is 20.4 Å². The van der Waals surface area contributed by atoms with E-state index in [9.17, 15) is 9.90 Å². The van der Waals surface area contributed by atoms with Crippen LogP contribution < -0.4 is 0 Å². The summed E-state index contributed by atoms with van der Waals surface area (Å²) >= 11 is 0. The van der Waals surface area contributed by atoms with Crippen molar-refractivity contribution in [2.45, 2.75) is 77.7 Å². The molecule has 0 aliphatic heterocycles. The summed E-state index contributed by atoms with van der Waals surface area (Å²) in [5.41, 5.74) is 0.841. The number of hydrogen-bond donors (Lipinski definition) is 1. The lowest BCUT2D eigenvalue weighted by Crippen LogP contribution is -2.56. The van der Waals surface area contributed by atoms with E-state index in [1.807, 2.05) is 12.1 Å². The van der Waals surface area contributed by atoms with E-state index < -0.39 is 5.60 Å². The standard InChI is InChI=1S/C25H34O3/c1-5-25(27)11-9-20-18-7-6-17-13-22-16(12-21(28-22)15(2)26)14-23(17,3)19(18)8-10-24(20,25)4/h5,12,17-20,27H,1,6-11,13-14H2,2-4H3/t17-,18?,19?,20?,23-,24-,25-/m0/s1. The van der Waals surface area contributed by atoms with Crippen LogP contribution in [-0.2, 0) is 12.8 Å². The predicted octanol–water partition coefficient (Wildman–Crippen LogP) is 5.36. The second-order valence-corrected chi connectivity index (χ2v) is 10.8. The zero-order valence-corrected chi connectivity index (χ0v) is 17.6. The first-order chi connectivity index (χ1) is 13.2. The van der Waals surface area contributed by atoms with E-state index in [1.54, 1.807) is 6.92 Å². The summed E-state index contributed by atoms with van der Waals surface area (Å²) in [4.78, 5) is 11.8. The Morgan fingerprint density at radius 1 is 1.21 bits per heavy atom. The Bertz CT molecular complexity index is 837. The van der Waals surface area contributed by atoms with E-state index in [1.165, 1.54) is 24.8 Å². The van der Waals surface area contributed by atoms with E-state index in [4.69, 9.17) is 4.42 Å². The molecule has 0 aromatic carbocycles. The van der Waals surface area contributed by atoms with Gasteiger partial charge in [0.05, 0.1) is 5.60 Å². The number of ketones is 1. The monoisotopic (exact) mass is 382 g/mol. The zero-order chi connectivity index (χ0) is 19.9. The first-order valence-electron chi connectivity index (χ1n) is 11.2. The van der Waals surface area contributed by atoms with Gasteiger partial charge in [-0.3, -0.25) is 4.79 Å². The van der Waals surface area contributed by atoms with Crippen LogP contribution in [-0.4, -0.2) is 16.5 Å². The van der Waals surface area contributed by atoms with Crippen LogP contribution in [0.2, 0.25) is 0 Å². The number of rotatable bonds is 2. The minimum absolute atomic E-state index is 0.0175. The number of fused-ring (bicyclic) bond motifs is 6. The molecule has 1 aromatic heterocycles. The maximum absolute atomic E-state index is 11.8. The van der Waals surface area contributed by atoms with Crippen molar-refractivity contribution < 1.29 is 14.3 Å². The maximum atomic E-state index is 11.8. The van der Waals surface area contributed by atoms with Crippen molar-refractivity contribution >= 4 is 5.78 Å². The topological polar surface area (TPSA) is 50.4 Å². The summed E-state index contributed by atoms with van der Waals surface area (Å²) in [7, 11) is 0. The highest BCUT2D eigenvalue weighted by Crippen LogP contribution is 2.68. The third kappa shape index (κ3) is 2.23. The molecular weight excluding hydrogens is 348 g/mol. The quantitative estimate of drug-likeness (QED) is 0.553. The molecule has 1 heterocycles. The molecule has 28 heavy (non-hydrogen) atoms. The van der Waals surface area contributed by atoms with Gasteiger partial charge in [0.2, 0.25) is 0 Å². The second-order valence-electron chi connectivity index (χ2n) is 10.8. The molecule has 3 fully saturated rings. The van der Waals surface area contributed by atoms with Crippen LogP contribution in [0.15, 0.2) is 23.1 Å². The maximum Gasteiger partial charge on any atom is 0.194 e. The molecule has 5 rings (SSSR count). The number of hydrogen-bond acceptors (Lipinski definition) is 3. The fourth-order valence-electron chi connectivity index (χ4n) is 8.13. The molecule has 4 aliphatic rings. The molecule has 3 nitrogen and oxygen atoms in total. The lowest BCUT2D eigenvalue weighted by molar-refractivity contribution is -0.130. The summed E-state index contributed by atoms with van der Waals surface area (Å²) in [6.45, 7) is 10.4. The van der Waals surface area contributed by atoms with Gasteiger partial charge in [-0.2, -0.15) is 0 Å². The van der Waals surface area contributed by atoms with Crippen LogP contribution in [0.3, 0.4) is 0 Å². The van der Waals surface area contributed by atoms with Crippen LogP contribution in [0.1, 0.15) is 81.2 Å². The van der Waals surface area contributed by atoms with Crippen LogP contribution in [0.4, 0.5) is 0 Å². The number of aliphatic hydroxyl groups is 1. The van der Waals surface area contributed by atoms with E-state index in [-0.39, 0.29) is 16.6 Å². The largest absolute Gasteiger partial charge is 0.458 e. The fourth-order valence-corrected chi connectivity index (χ4v) is 8.13. The number of Topliss-reactive ketones (excluding diaryl/α,β-unsaturated/α-hetero) is 1. The van der Waals surface area contributed by atoms with Crippen molar-refractivity contribution in [3.8, 4) is 0 Å². The molecular formula is C25H34O3. The molecule has 1 aromatic rings. The minimum atomic E-state index is -0.693. The van der Waals surface area contributed by atoms with Crippen molar-refractivity contribution in [3.63, 3.8) is 0 Å². The first kappa shape index (κ1) is 18.7. The molecule has 0 spiro atoms. The van der Waals surface area contributed by atoms with Crippen LogP contribution >= 0.6 is 0 Å². The van der Waals surface area contributed by atoms with Gasteiger partial charge in [0.25, 0.3) is 0 Å². The average Bonchev–Trinajstić information content (AvgIpc) is 3.18. The molecule has 0 radical (unpaired) electrons. The van der Waals surface area contributed by atoms with Crippen molar-refractivity contribution in [1.82, 2.24) is 0 Å².